The number of nitrogens with zero attached hydrogens (tertiary/aromatic N) is 2. The summed E-state index contributed by atoms with van der Waals surface area (Å²) in [6.45, 7) is 6.53. The van der Waals surface area contributed by atoms with Gasteiger partial charge < -0.3 is 10.2 Å². The summed E-state index contributed by atoms with van der Waals surface area (Å²) in [5.74, 6) is -0.267. The van der Waals surface area contributed by atoms with Gasteiger partial charge in [-0.3, -0.25) is 0 Å². The van der Waals surface area contributed by atoms with Crippen LogP contribution in [0.3, 0.4) is 0 Å². The summed E-state index contributed by atoms with van der Waals surface area (Å²) in [7, 11) is 4.08. The smallest absolute Gasteiger partial charge is 0.127 e. The molecule has 0 atom stereocenters. The third kappa shape index (κ3) is 5.37. The molecule has 1 N–H and O–H groups in total. The van der Waals surface area contributed by atoms with Gasteiger partial charge >= 0.3 is 0 Å². The fourth-order valence-corrected chi connectivity index (χ4v) is 2.23. The zero-order valence-corrected chi connectivity index (χ0v) is 12.1. The third-order valence-corrected chi connectivity index (χ3v) is 2.84. The minimum atomic E-state index is -0.267. The Labute approximate surface area is 115 Å². The first kappa shape index (κ1) is 15.6. The van der Waals surface area contributed by atoms with Gasteiger partial charge in [0, 0.05) is 25.2 Å². The lowest BCUT2D eigenvalue weighted by Gasteiger charge is -2.28. The van der Waals surface area contributed by atoms with E-state index in [-0.39, 0.29) is 11.2 Å². The molecular formula is C15H22FN3. The lowest BCUT2D eigenvalue weighted by Crippen LogP contribution is -2.37. The van der Waals surface area contributed by atoms with Gasteiger partial charge in [0.1, 0.15) is 5.82 Å². The van der Waals surface area contributed by atoms with Gasteiger partial charge in [0.05, 0.1) is 11.6 Å². The average molecular weight is 263 g/mol. The SMILES string of the molecule is CN(C)CC(C)(C)CNCc1cc(C#N)ccc1F. The van der Waals surface area contributed by atoms with E-state index in [1.165, 1.54) is 12.1 Å². The van der Waals surface area contributed by atoms with Crippen molar-refractivity contribution in [1.82, 2.24) is 10.2 Å². The molecule has 1 aromatic carbocycles. The van der Waals surface area contributed by atoms with Gasteiger partial charge in [0.15, 0.2) is 0 Å². The van der Waals surface area contributed by atoms with E-state index in [0.29, 0.717) is 17.7 Å². The predicted octanol–water partition coefficient (Wildman–Crippen LogP) is 2.37. The van der Waals surface area contributed by atoms with Crippen molar-refractivity contribution in [1.29, 1.82) is 5.26 Å². The van der Waals surface area contributed by atoms with Crippen molar-refractivity contribution in [2.45, 2.75) is 20.4 Å². The highest BCUT2D eigenvalue weighted by atomic mass is 19.1. The van der Waals surface area contributed by atoms with E-state index in [1.54, 1.807) is 6.07 Å². The summed E-state index contributed by atoms with van der Waals surface area (Å²) in [5, 5.41) is 12.1. The first-order valence-corrected chi connectivity index (χ1v) is 6.38. The molecule has 0 aromatic heterocycles. The molecule has 0 aliphatic rings. The minimum absolute atomic E-state index is 0.118. The van der Waals surface area contributed by atoms with Crippen molar-refractivity contribution in [3.63, 3.8) is 0 Å². The lowest BCUT2D eigenvalue weighted by molar-refractivity contribution is 0.232. The van der Waals surface area contributed by atoms with Crippen molar-refractivity contribution in [2.24, 2.45) is 5.41 Å². The van der Waals surface area contributed by atoms with Gasteiger partial charge in [-0.2, -0.15) is 5.26 Å². The molecule has 0 aliphatic heterocycles. The molecule has 0 saturated heterocycles. The molecule has 0 bridgehead atoms. The average Bonchev–Trinajstić information content (AvgIpc) is 2.29. The van der Waals surface area contributed by atoms with E-state index in [9.17, 15) is 4.39 Å². The van der Waals surface area contributed by atoms with E-state index in [1.807, 2.05) is 20.2 Å². The Kier molecular flexibility index (Phi) is 5.46. The molecule has 104 valence electrons. The summed E-state index contributed by atoms with van der Waals surface area (Å²) in [4.78, 5) is 2.14. The summed E-state index contributed by atoms with van der Waals surface area (Å²) < 4.78 is 13.6. The Morgan fingerprint density at radius 1 is 1.37 bits per heavy atom. The van der Waals surface area contributed by atoms with Gasteiger partial charge in [0.2, 0.25) is 0 Å². The van der Waals surface area contributed by atoms with Crippen LogP contribution in [0, 0.1) is 22.6 Å². The second kappa shape index (κ2) is 6.65. The first-order chi connectivity index (χ1) is 8.84. The van der Waals surface area contributed by atoms with Crippen LogP contribution in [0.15, 0.2) is 18.2 Å². The Morgan fingerprint density at radius 3 is 2.63 bits per heavy atom. The molecule has 0 heterocycles. The van der Waals surface area contributed by atoms with Gasteiger partial charge in [-0.25, -0.2) is 4.39 Å². The van der Waals surface area contributed by atoms with Crippen LogP contribution in [0.5, 0.6) is 0 Å². The molecule has 4 heteroatoms. The Bertz CT molecular complexity index is 461. The summed E-state index contributed by atoms with van der Waals surface area (Å²) in [5.41, 5.74) is 1.15. The third-order valence-electron chi connectivity index (χ3n) is 2.84. The second-order valence-corrected chi connectivity index (χ2v) is 5.92. The Balaban J connectivity index is 2.56. The number of halogens is 1. The molecular weight excluding hydrogens is 241 g/mol. The highest BCUT2D eigenvalue weighted by Crippen LogP contribution is 2.15. The number of nitrogens with one attached hydrogen (secondary N) is 1. The second-order valence-electron chi connectivity index (χ2n) is 5.92. The molecule has 0 fully saturated rings. The van der Waals surface area contributed by atoms with Gasteiger partial charge in [-0.05, 0) is 37.7 Å². The molecule has 0 aliphatic carbocycles. The van der Waals surface area contributed by atoms with Crippen LogP contribution in [-0.2, 0) is 6.54 Å². The first-order valence-electron chi connectivity index (χ1n) is 6.38. The van der Waals surface area contributed by atoms with Crippen LogP contribution in [0.4, 0.5) is 4.39 Å². The largest absolute Gasteiger partial charge is 0.312 e. The van der Waals surface area contributed by atoms with Crippen LogP contribution in [0.25, 0.3) is 0 Å². The molecule has 0 saturated carbocycles. The van der Waals surface area contributed by atoms with Gasteiger partial charge in [-0.1, -0.05) is 13.8 Å². The molecule has 19 heavy (non-hydrogen) atoms. The monoisotopic (exact) mass is 263 g/mol. The fourth-order valence-electron chi connectivity index (χ4n) is 2.23. The molecule has 1 rings (SSSR count). The number of benzene rings is 1. The number of hydrogen-bond acceptors (Lipinski definition) is 3. The quantitative estimate of drug-likeness (QED) is 0.856. The standard InChI is InChI=1S/C15H22FN3/c1-15(2,11-19(3)4)10-18-9-13-7-12(8-17)5-6-14(13)16/h5-7,18H,9-11H2,1-4H3. The molecule has 1 aromatic rings. The zero-order chi connectivity index (χ0) is 14.5. The predicted molar refractivity (Wildman–Crippen MR) is 75.2 cm³/mol. The van der Waals surface area contributed by atoms with Crippen molar-refractivity contribution < 1.29 is 4.39 Å². The highest BCUT2D eigenvalue weighted by Gasteiger charge is 2.18. The van der Waals surface area contributed by atoms with Crippen LogP contribution < -0.4 is 5.32 Å². The highest BCUT2D eigenvalue weighted by molar-refractivity contribution is 5.33. The normalized spacial score (nSPS) is 11.6. The zero-order valence-electron chi connectivity index (χ0n) is 12.1. The van der Waals surface area contributed by atoms with Crippen molar-refractivity contribution in [3.05, 3.63) is 35.1 Å². The van der Waals surface area contributed by atoms with Crippen LogP contribution in [0.1, 0.15) is 25.0 Å². The number of rotatable bonds is 6. The van der Waals surface area contributed by atoms with Gasteiger partial charge in [0.25, 0.3) is 0 Å². The Hall–Kier alpha value is -1.44. The van der Waals surface area contributed by atoms with Crippen LogP contribution in [0.2, 0.25) is 0 Å². The molecule has 0 unspecified atom stereocenters. The maximum atomic E-state index is 13.6. The van der Waals surface area contributed by atoms with Gasteiger partial charge in [-0.15, -0.1) is 0 Å². The maximum absolute atomic E-state index is 13.6. The van der Waals surface area contributed by atoms with E-state index in [4.69, 9.17) is 5.26 Å². The number of hydrogen-bond donors (Lipinski definition) is 1. The Morgan fingerprint density at radius 2 is 2.05 bits per heavy atom. The topological polar surface area (TPSA) is 39.1 Å². The lowest BCUT2D eigenvalue weighted by atomic mass is 9.93. The van der Waals surface area contributed by atoms with Crippen LogP contribution >= 0.6 is 0 Å². The fraction of sp³-hybridized carbons (Fsp3) is 0.533. The number of nitriles is 1. The van der Waals surface area contributed by atoms with E-state index >= 15 is 0 Å². The molecule has 0 spiro atoms. The molecule has 0 radical (unpaired) electrons. The molecule has 3 nitrogen and oxygen atoms in total. The summed E-state index contributed by atoms with van der Waals surface area (Å²) in [6.07, 6.45) is 0. The van der Waals surface area contributed by atoms with Crippen molar-refractivity contribution >= 4 is 0 Å². The molecule has 0 amide bonds. The minimum Gasteiger partial charge on any atom is -0.312 e. The van der Waals surface area contributed by atoms with Crippen molar-refractivity contribution in [3.8, 4) is 6.07 Å². The van der Waals surface area contributed by atoms with E-state index in [0.717, 1.165) is 13.1 Å². The summed E-state index contributed by atoms with van der Waals surface area (Å²) in [6, 6.07) is 6.47. The van der Waals surface area contributed by atoms with E-state index in [2.05, 4.69) is 24.1 Å². The van der Waals surface area contributed by atoms with Crippen molar-refractivity contribution in [2.75, 3.05) is 27.2 Å². The maximum Gasteiger partial charge on any atom is 0.127 e. The van der Waals surface area contributed by atoms with E-state index < -0.39 is 0 Å². The summed E-state index contributed by atoms with van der Waals surface area (Å²) >= 11 is 0. The van der Waals surface area contributed by atoms with Crippen LogP contribution in [-0.4, -0.2) is 32.1 Å².